The topological polar surface area (TPSA) is 49.6 Å². The standard InChI is InChI=1S/C16H29N3O/c1-13(2)7-9-17-16(19-12-14(3)4)18-10-8-15-6-5-11-20-15/h5-6,11,13-14H,7-10,12H2,1-4H3,(H2,17,18,19). The Balaban J connectivity index is 2.34. The quantitative estimate of drug-likeness (QED) is 0.568. The summed E-state index contributed by atoms with van der Waals surface area (Å²) in [6.45, 7) is 11.5. The van der Waals surface area contributed by atoms with E-state index in [-0.39, 0.29) is 0 Å². The van der Waals surface area contributed by atoms with Gasteiger partial charge in [0, 0.05) is 26.1 Å². The molecule has 0 aliphatic rings. The number of nitrogens with one attached hydrogen (secondary N) is 2. The second-order valence-electron chi connectivity index (χ2n) is 5.95. The molecule has 0 fully saturated rings. The Bertz CT molecular complexity index is 369. The molecule has 0 unspecified atom stereocenters. The molecule has 0 spiro atoms. The third kappa shape index (κ3) is 7.87. The molecular weight excluding hydrogens is 250 g/mol. The highest BCUT2D eigenvalue weighted by molar-refractivity contribution is 5.79. The van der Waals surface area contributed by atoms with Crippen molar-refractivity contribution < 1.29 is 4.42 Å². The van der Waals surface area contributed by atoms with Gasteiger partial charge in [0.05, 0.1) is 6.26 Å². The summed E-state index contributed by atoms with van der Waals surface area (Å²) >= 11 is 0. The summed E-state index contributed by atoms with van der Waals surface area (Å²) in [5, 5.41) is 6.76. The summed E-state index contributed by atoms with van der Waals surface area (Å²) in [5.41, 5.74) is 0. The minimum atomic E-state index is 0.573. The zero-order valence-corrected chi connectivity index (χ0v) is 13.3. The van der Waals surface area contributed by atoms with Crippen LogP contribution in [0.5, 0.6) is 0 Å². The summed E-state index contributed by atoms with van der Waals surface area (Å²) in [4.78, 5) is 4.60. The molecule has 4 heteroatoms. The summed E-state index contributed by atoms with van der Waals surface area (Å²) in [5.74, 6) is 3.19. The van der Waals surface area contributed by atoms with Gasteiger partial charge in [-0.1, -0.05) is 27.7 Å². The molecule has 2 N–H and O–H groups in total. The Morgan fingerprint density at radius 2 is 1.90 bits per heavy atom. The fourth-order valence-corrected chi connectivity index (χ4v) is 1.69. The summed E-state index contributed by atoms with van der Waals surface area (Å²) in [6.07, 6.45) is 3.74. The smallest absolute Gasteiger partial charge is 0.191 e. The summed E-state index contributed by atoms with van der Waals surface area (Å²) < 4.78 is 5.33. The molecule has 0 aliphatic heterocycles. The minimum Gasteiger partial charge on any atom is -0.469 e. The van der Waals surface area contributed by atoms with E-state index in [1.165, 1.54) is 0 Å². The maximum atomic E-state index is 5.33. The first-order valence-corrected chi connectivity index (χ1v) is 7.62. The van der Waals surface area contributed by atoms with Crippen LogP contribution in [0.1, 0.15) is 39.9 Å². The van der Waals surface area contributed by atoms with Crippen molar-refractivity contribution in [3.05, 3.63) is 24.2 Å². The van der Waals surface area contributed by atoms with Gasteiger partial charge in [0.25, 0.3) is 0 Å². The van der Waals surface area contributed by atoms with E-state index >= 15 is 0 Å². The first-order chi connectivity index (χ1) is 9.58. The lowest BCUT2D eigenvalue weighted by molar-refractivity contribution is 0.506. The minimum absolute atomic E-state index is 0.573. The van der Waals surface area contributed by atoms with Crippen LogP contribution >= 0.6 is 0 Å². The molecule has 20 heavy (non-hydrogen) atoms. The molecule has 0 bridgehead atoms. The van der Waals surface area contributed by atoms with E-state index in [9.17, 15) is 0 Å². The van der Waals surface area contributed by atoms with Crippen LogP contribution in [0.4, 0.5) is 0 Å². The Labute approximate surface area is 123 Å². The van der Waals surface area contributed by atoms with E-state index in [0.717, 1.165) is 44.2 Å². The summed E-state index contributed by atoms with van der Waals surface area (Å²) in [6, 6.07) is 3.92. The van der Waals surface area contributed by atoms with E-state index in [1.807, 2.05) is 12.1 Å². The number of nitrogens with zero attached hydrogens (tertiary/aromatic N) is 1. The zero-order chi connectivity index (χ0) is 14.8. The number of guanidine groups is 1. The average molecular weight is 279 g/mol. The first-order valence-electron chi connectivity index (χ1n) is 7.62. The van der Waals surface area contributed by atoms with Crippen LogP contribution < -0.4 is 10.6 Å². The Hall–Kier alpha value is -1.45. The maximum absolute atomic E-state index is 5.33. The molecule has 1 heterocycles. The van der Waals surface area contributed by atoms with Crippen LogP contribution in [0, 0.1) is 11.8 Å². The SMILES string of the molecule is CC(C)CCNC(=NCC(C)C)NCCc1ccco1. The second-order valence-corrected chi connectivity index (χ2v) is 5.95. The molecule has 4 nitrogen and oxygen atoms in total. The molecule has 1 aromatic rings. The van der Waals surface area contributed by atoms with Crippen molar-refractivity contribution in [1.82, 2.24) is 10.6 Å². The van der Waals surface area contributed by atoms with Crippen LogP contribution in [0.3, 0.4) is 0 Å². The maximum Gasteiger partial charge on any atom is 0.191 e. The van der Waals surface area contributed by atoms with Crippen LogP contribution in [0.25, 0.3) is 0 Å². The molecule has 0 saturated heterocycles. The van der Waals surface area contributed by atoms with Crippen LogP contribution in [-0.4, -0.2) is 25.6 Å². The van der Waals surface area contributed by atoms with Crippen LogP contribution in [0.15, 0.2) is 27.8 Å². The number of rotatable bonds is 8. The van der Waals surface area contributed by atoms with Crippen molar-refractivity contribution >= 4 is 5.96 Å². The van der Waals surface area contributed by atoms with Gasteiger partial charge in [-0.25, -0.2) is 0 Å². The largest absolute Gasteiger partial charge is 0.469 e. The van der Waals surface area contributed by atoms with Crippen molar-refractivity contribution in [2.24, 2.45) is 16.8 Å². The highest BCUT2D eigenvalue weighted by Gasteiger charge is 2.02. The fourth-order valence-electron chi connectivity index (χ4n) is 1.69. The molecule has 0 aromatic carbocycles. The molecule has 0 amide bonds. The third-order valence-electron chi connectivity index (χ3n) is 2.87. The van der Waals surface area contributed by atoms with Gasteiger partial charge in [-0.3, -0.25) is 4.99 Å². The molecule has 0 aliphatic carbocycles. The molecule has 114 valence electrons. The van der Waals surface area contributed by atoms with E-state index in [1.54, 1.807) is 6.26 Å². The monoisotopic (exact) mass is 279 g/mol. The van der Waals surface area contributed by atoms with Gasteiger partial charge in [0.2, 0.25) is 0 Å². The first kappa shape index (κ1) is 16.6. The van der Waals surface area contributed by atoms with Crippen LogP contribution in [-0.2, 0) is 6.42 Å². The van der Waals surface area contributed by atoms with Gasteiger partial charge in [-0.2, -0.15) is 0 Å². The summed E-state index contributed by atoms with van der Waals surface area (Å²) in [7, 11) is 0. The van der Waals surface area contributed by atoms with E-state index in [0.29, 0.717) is 11.8 Å². The molecule has 1 rings (SSSR count). The van der Waals surface area contributed by atoms with Crippen molar-refractivity contribution in [2.45, 2.75) is 40.5 Å². The number of furan rings is 1. The van der Waals surface area contributed by atoms with Crippen molar-refractivity contribution in [3.63, 3.8) is 0 Å². The lowest BCUT2D eigenvalue weighted by Gasteiger charge is -2.13. The van der Waals surface area contributed by atoms with Gasteiger partial charge in [-0.15, -0.1) is 0 Å². The van der Waals surface area contributed by atoms with Crippen LogP contribution in [0.2, 0.25) is 0 Å². The van der Waals surface area contributed by atoms with E-state index in [2.05, 4.69) is 43.3 Å². The lowest BCUT2D eigenvalue weighted by Crippen LogP contribution is -2.39. The molecular formula is C16H29N3O. The van der Waals surface area contributed by atoms with Gasteiger partial charge < -0.3 is 15.1 Å². The van der Waals surface area contributed by atoms with Gasteiger partial charge >= 0.3 is 0 Å². The normalized spacial score (nSPS) is 12.2. The van der Waals surface area contributed by atoms with Crippen molar-refractivity contribution in [3.8, 4) is 0 Å². The van der Waals surface area contributed by atoms with Crippen molar-refractivity contribution in [2.75, 3.05) is 19.6 Å². The van der Waals surface area contributed by atoms with Gasteiger partial charge in [0.1, 0.15) is 5.76 Å². The third-order valence-corrected chi connectivity index (χ3v) is 2.87. The van der Waals surface area contributed by atoms with Gasteiger partial charge in [-0.05, 0) is 30.4 Å². The molecule has 0 radical (unpaired) electrons. The van der Waals surface area contributed by atoms with E-state index < -0.39 is 0 Å². The predicted molar refractivity (Wildman–Crippen MR) is 85.0 cm³/mol. The predicted octanol–water partition coefficient (Wildman–Crippen LogP) is 3.06. The van der Waals surface area contributed by atoms with Crippen molar-refractivity contribution in [1.29, 1.82) is 0 Å². The highest BCUT2D eigenvalue weighted by atomic mass is 16.3. The Morgan fingerprint density at radius 3 is 2.50 bits per heavy atom. The Morgan fingerprint density at radius 1 is 1.15 bits per heavy atom. The number of hydrogen-bond donors (Lipinski definition) is 2. The zero-order valence-electron chi connectivity index (χ0n) is 13.3. The molecule has 0 saturated carbocycles. The fraction of sp³-hybridized carbons (Fsp3) is 0.688. The van der Waals surface area contributed by atoms with Gasteiger partial charge in [0.15, 0.2) is 5.96 Å². The molecule has 0 atom stereocenters. The lowest BCUT2D eigenvalue weighted by atomic mass is 10.1. The highest BCUT2D eigenvalue weighted by Crippen LogP contribution is 2.00. The second kappa shape index (κ2) is 9.45. The Kier molecular flexibility index (Phi) is 7.85. The number of hydrogen-bond acceptors (Lipinski definition) is 2. The number of aliphatic imine (C=N–C) groups is 1. The van der Waals surface area contributed by atoms with E-state index in [4.69, 9.17) is 4.42 Å². The molecule has 1 aromatic heterocycles. The average Bonchev–Trinajstić information content (AvgIpc) is 2.87.